The number of ether oxygens (including phenoxy) is 1. The van der Waals surface area contributed by atoms with Gasteiger partial charge in [-0.1, -0.05) is 94.4 Å². The van der Waals surface area contributed by atoms with Gasteiger partial charge in [-0.25, -0.2) is 4.79 Å². The van der Waals surface area contributed by atoms with Gasteiger partial charge in [-0.3, -0.25) is 19.8 Å². The van der Waals surface area contributed by atoms with E-state index < -0.39 is 6.09 Å². The number of carbonyl (C=O) groups is 3. The van der Waals surface area contributed by atoms with E-state index in [0.717, 1.165) is 50.0 Å². The number of amides is 3. The number of benzene rings is 4. The Morgan fingerprint density at radius 3 is 2.16 bits per heavy atom. The van der Waals surface area contributed by atoms with Gasteiger partial charge in [-0.15, -0.1) is 0 Å². The minimum atomic E-state index is -0.642. The van der Waals surface area contributed by atoms with Crippen molar-refractivity contribution in [3.63, 3.8) is 0 Å². The number of para-hydroxylation sites is 2. The van der Waals surface area contributed by atoms with Crippen molar-refractivity contribution in [2.24, 2.45) is 11.8 Å². The molecule has 0 atom stereocenters. The Morgan fingerprint density at radius 1 is 0.776 bits per heavy atom. The average molecular weight is 661 g/mol. The second-order valence-corrected chi connectivity index (χ2v) is 13.6. The largest absolute Gasteiger partial charge is 0.444 e. The summed E-state index contributed by atoms with van der Waals surface area (Å²) in [5.41, 5.74) is 5.23. The SMILES string of the molecule is CC(C)CN(CCCCc1ccc(CC(=O)N2c3ccccc3NC(=O)c3cc(NC(=O)OCc4ccccc4)ccc32)cc1)CC(C)C. The van der Waals surface area contributed by atoms with Crippen LogP contribution >= 0.6 is 0 Å². The molecule has 0 aliphatic carbocycles. The number of aryl methyl sites for hydroxylation is 1. The van der Waals surface area contributed by atoms with Crippen LogP contribution in [-0.4, -0.2) is 42.4 Å². The Balaban J connectivity index is 1.25. The van der Waals surface area contributed by atoms with E-state index in [-0.39, 0.29) is 30.4 Å². The van der Waals surface area contributed by atoms with E-state index in [2.05, 4.69) is 55.4 Å². The first-order valence-corrected chi connectivity index (χ1v) is 17.3. The third-order valence-corrected chi connectivity index (χ3v) is 8.40. The van der Waals surface area contributed by atoms with E-state index in [1.54, 1.807) is 29.2 Å². The van der Waals surface area contributed by atoms with Crippen molar-refractivity contribution < 1.29 is 19.1 Å². The maximum absolute atomic E-state index is 14.0. The second-order valence-electron chi connectivity index (χ2n) is 13.6. The molecule has 0 unspecified atom stereocenters. The first kappa shape index (κ1) is 35.4. The molecule has 0 fully saturated rings. The van der Waals surface area contributed by atoms with Crippen LogP contribution in [0.3, 0.4) is 0 Å². The number of fused-ring (bicyclic) bond motifs is 2. The van der Waals surface area contributed by atoms with Gasteiger partial charge in [-0.05, 0) is 84.7 Å². The lowest BCUT2D eigenvalue weighted by Gasteiger charge is -2.26. The number of carbonyl (C=O) groups excluding carboxylic acids is 3. The van der Waals surface area contributed by atoms with Crippen molar-refractivity contribution >= 4 is 40.7 Å². The van der Waals surface area contributed by atoms with Crippen molar-refractivity contribution in [2.45, 2.75) is 60.0 Å². The number of nitrogens with one attached hydrogen (secondary N) is 2. The van der Waals surface area contributed by atoms with E-state index in [4.69, 9.17) is 4.74 Å². The second kappa shape index (κ2) is 16.9. The predicted molar refractivity (Wildman–Crippen MR) is 197 cm³/mol. The van der Waals surface area contributed by atoms with Gasteiger partial charge in [0.25, 0.3) is 5.91 Å². The van der Waals surface area contributed by atoms with Gasteiger partial charge in [-0.2, -0.15) is 0 Å². The summed E-state index contributed by atoms with van der Waals surface area (Å²) in [7, 11) is 0. The lowest BCUT2D eigenvalue weighted by atomic mass is 10.0. The Morgan fingerprint density at radius 2 is 1.45 bits per heavy atom. The van der Waals surface area contributed by atoms with Gasteiger partial charge in [0.15, 0.2) is 0 Å². The van der Waals surface area contributed by atoms with E-state index in [1.807, 2.05) is 60.7 Å². The zero-order valence-electron chi connectivity index (χ0n) is 29.1. The van der Waals surface area contributed by atoms with Crippen LogP contribution < -0.4 is 15.5 Å². The molecule has 0 spiro atoms. The molecule has 8 heteroatoms. The van der Waals surface area contributed by atoms with Crippen LogP contribution in [0.25, 0.3) is 0 Å². The van der Waals surface area contributed by atoms with Crippen LogP contribution in [0.4, 0.5) is 27.5 Å². The molecular weight excluding hydrogens is 612 g/mol. The van der Waals surface area contributed by atoms with Gasteiger partial charge >= 0.3 is 6.09 Å². The number of rotatable bonds is 14. The predicted octanol–water partition coefficient (Wildman–Crippen LogP) is 8.85. The molecule has 0 radical (unpaired) electrons. The Bertz CT molecular complexity index is 1710. The number of anilines is 4. The highest BCUT2D eigenvalue weighted by atomic mass is 16.5. The number of hydrogen-bond acceptors (Lipinski definition) is 5. The van der Waals surface area contributed by atoms with Crippen LogP contribution in [0, 0.1) is 11.8 Å². The zero-order valence-corrected chi connectivity index (χ0v) is 29.1. The van der Waals surface area contributed by atoms with Crippen LogP contribution in [0.15, 0.2) is 97.1 Å². The molecule has 3 amide bonds. The van der Waals surface area contributed by atoms with Gasteiger partial charge in [0.2, 0.25) is 5.91 Å². The molecule has 49 heavy (non-hydrogen) atoms. The molecule has 4 aromatic carbocycles. The zero-order chi connectivity index (χ0) is 34.8. The summed E-state index contributed by atoms with van der Waals surface area (Å²) in [5, 5.41) is 5.64. The molecule has 256 valence electrons. The number of nitrogens with zero attached hydrogens (tertiary/aromatic N) is 2. The molecular formula is C41H48N4O4. The summed E-state index contributed by atoms with van der Waals surface area (Å²) < 4.78 is 5.36. The van der Waals surface area contributed by atoms with E-state index in [0.29, 0.717) is 34.6 Å². The first-order valence-electron chi connectivity index (χ1n) is 17.3. The molecule has 0 saturated heterocycles. The van der Waals surface area contributed by atoms with Crippen molar-refractivity contribution in [3.05, 3.63) is 119 Å². The third kappa shape index (κ3) is 10.0. The number of unbranched alkanes of at least 4 members (excludes halogenated alkanes) is 1. The molecule has 1 heterocycles. The van der Waals surface area contributed by atoms with E-state index in [9.17, 15) is 14.4 Å². The summed E-state index contributed by atoms with van der Waals surface area (Å²) in [6.07, 6.45) is 2.80. The van der Waals surface area contributed by atoms with E-state index >= 15 is 0 Å². The van der Waals surface area contributed by atoms with Gasteiger partial charge in [0.1, 0.15) is 6.61 Å². The summed E-state index contributed by atoms with van der Waals surface area (Å²) in [6.45, 7) is 12.6. The molecule has 1 aliphatic rings. The maximum Gasteiger partial charge on any atom is 0.411 e. The summed E-state index contributed by atoms with van der Waals surface area (Å²) in [5.74, 6) is 0.784. The molecule has 0 saturated carbocycles. The Kier molecular flexibility index (Phi) is 12.2. The lowest BCUT2D eigenvalue weighted by Crippen LogP contribution is -2.32. The molecule has 0 aromatic heterocycles. The highest BCUT2D eigenvalue weighted by Crippen LogP contribution is 2.39. The van der Waals surface area contributed by atoms with Crippen LogP contribution in [0.1, 0.15) is 67.6 Å². The Hall–Kier alpha value is -4.95. The van der Waals surface area contributed by atoms with E-state index in [1.165, 1.54) is 5.56 Å². The molecule has 8 nitrogen and oxygen atoms in total. The fourth-order valence-corrected chi connectivity index (χ4v) is 6.26. The van der Waals surface area contributed by atoms with Gasteiger partial charge in [0, 0.05) is 18.8 Å². The van der Waals surface area contributed by atoms with Crippen LogP contribution in [0.2, 0.25) is 0 Å². The van der Waals surface area contributed by atoms with Gasteiger partial charge < -0.3 is 15.0 Å². The molecule has 5 rings (SSSR count). The van der Waals surface area contributed by atoms with Crippen LogP contribution in [0.5, 0.6) is 0 Å². The molecule has 2 N–H and O–H groups in total. The van der Waals surface area contributed by atoms with Crippen molar-refractivity contribution in [1.29, 1.82) is 0 Å². The summed E-state index contributed by atoms with van der Waals surface area (Å²) in [6, 6.07) is 29.9. The Labute approximate surface area is 290 Å². The summed E-state index contributed by atoms with van der Waals surface area (Å²) in [4.78, 5) is 44.2. The highest BCUT2D eigenvalue weighted by molar-refractivity contribution is 6.18. The minimum absolute atomic E-state index is 0.117. The highest BCUT2D eigenvalue weighted by Gasteiger charge is 2.30. The monoisotopic (exact) mass is 660 g/mol. The number of hydrogen-bond donors (Lipinski definition) is 2. The van der Waals surface area contributed by atoms with Gasteiger partial charge in [0.05, 0.1) is 29.0 Å². The molecule has 1 aliphatic heterocycles. The standard InChI is InChI=1S/C41H48N4O4/c1-29(2)26-44(27-30(3)4)23-11-10-12-31-17-19-32(20-18-31)24-39(46)45-37-22-21-34(42-41(48)49-28-33-13-6-5-7-14-33)25-35(37)40(47)43-36-15-8-9-16-38(36)45/h5-9,13-22,25,29-30H,10-12,23-24,26-28H2,1-4H3,(H,42,48)(H,43,47). The topological polar surface area (TPSA) is 91.0 Å². The fourth-order valence-electron chi connectivity index (χ4n) is 6.26. The minimum Gasteiger partial charge on any atom is -0.444 e. The van der Waals surface area contributed by atoms with Crippen molar-refractivity contribution in [2.75, 3.05) is 35.2 Å². The normalized spacial score (nSPS) is 12.4. The third-order valence-electron chi connectivity index (χ3n) is 8.40. The fraction of sp³-hybridized carbons (Fsp3) is 0.341. The lowest BCUT2D eigenvalue weighted by molar-refractivity contribution is -0.117. The van der Waals surface area contributed by atoms with Crippen molar-refractivity contribution in [3.8, 4) is 0 Å². The smallest absolute Gasteiger partial charge is 0.411 e. The van der Waals surface area contributed by atoms with Crippen molar-refractivity contribution in [1.82, 2.24) is 4.90 Å². The maximum atomic E-state index is 14.0. The van der Waals surface area contributed by atoms with Crippen LogP contribution in [-0.2, 0) is 29.0 Å². The average Bonchev–Trinajstić information content (AvgIpc) is 3.20. The summed E-state index contributed by atoms with van der Waals surface area (Å²) >= 11 is 0. The quantitative estimate of drug-likeness (QED) is 0.132. The first-order chi connectivity index (χ1) is 23.7. The molecule has 4 aromatic rings. The molecule has 0 bridgehead atoms.